The molecular weight excluding hydrogens is 350 g/mol. The number of benzene rings is 1. The van der Waals surface area contributed by atoms with Crippen molar-refractivity contribution in [3.05, 3.63) is 18.2 Å². The van der Waals surface area contributed by atoms with Crippen LogP contribution in [0.2, 0.25) is 0 Å². The van der Waals surface area contributed by atoms with Crippen LogP contribution in [-0.2, 0) is 9.59 Å². The van der Waals surface area contributed by atoms with Crippen molar-refractivity contribution in [1.82, 2.24) is 9.88 Å². The number of aromatic nitrogens is 1. The van der Waals surface area contributed by atoms with E-state index in [1.165, 1.54) is 11.3 Å². The van der Waals surface area contributed by atoms with Crippen LogP contribution in [0.15, 0.2) is 18.2 Å². The zero-order valence-electron chi connectivity index (χ0n) is 14.9. The number of carbonyl (C=O) groups is 2. The molecule has 2 amide bonds. The highest BCUT2D eigenvalue weighted by Gasteiger charge is 2.36. The molecule has 0 unspecified atom stereocenters. The van der Waals surface area contributed by atoms with Gasteiger partial charge in [0.15, 0.2) is 5.13 Å². The second kappa shape index (κ2) is 7.23. The van der Waals surface area contributed by atoms with Crippen molar-refractivity contribution in [1.29, 1.82) is 0 Å². The zero-order chi connectivity index (χ0) is 18.1. The molecule has 1 saturated heterocycles. The molecule has 1 aliphatic heterocycles. The lowest BCUT2D eigenvalue weighted by molar-refractivity contribution is -0.135. The Hall–Kier alpha value is -2.15. The lowest BCUT2D eigenvalue weighted by Gasteiger charge is -2.31. The second-order valence-electron chi connectivity index (χ2n) is 6.94. The second-order valence-corrected chi connectivity index (χ2v) is 7.98. The molecule has 1 saturated carbocycles. The van der Waals surface area contributed by atoms with Gasteiger partial charge in [0.2, 0.25) is 11.8 Å². The van der Waals surface area contributed by atoms with E-state index in [0.29, 0.717) is 24.8 Å². The van der Waals surface area contributed by atoms with Crippen molar-refractivity contribution in [2.75, 3.05) is 25.0 Å². The molecule has 0 radical (unpaired) electrons. The van der Waals surface area contributed by atoms with Crippen LogP contribution in [-0.4, -0.2) is 41.4 Å². The van der Waals surface area contributed by atoms with Gasteiger partial charge in [-0.3, -0.25) is 9.59 Å². The van der Waals surface area contributed by atoms with E-state index < -0.39 is 0 Å². The zero-order valence-corrected chi connectivity index (χ0v) is 15.7. The van der Waals surface area contributed by atoms with Crippen molar-refractivity contribution < 1.29 is 14.3 Å². The molecule has 4 rings (SSSR count). The van der Waals surface area contributed by atoms with Gasteiger partial charge in [-0.25, -0.2) is 4.98 Å². The van der Waals surface area contributed by atoms with E-state index in [1.807, 2.05) is 30.0 Å². The van der Waals surface area contributed by atoms with E-state index in [0.717, 1.165) is 41.6 Å². The molecule has 7 heteroatoms. The molecule has 6 nitrogen and oxygen atoms in total. The number of likely N-dealkylation sites (tertiary alicyclic amines) is 1. The van der Waals surface area contributed by atoms with E-state index in [9.17, 15) is 9.59 Å². The molecule has 2 aliphatic rings. The average Bonchev–Trinajstić information content (AvgIpc) is 3.42. The Morgan fingerprint density at radius 1 is 1.23 bits per heavy atom. The third kappa shape index (κ3) is 3.67. The first-order valence-corrected chi connectivity index (χ1v) is 10.1. The van der Waals surface area contributed by atoms with E-state index in [2.05, 4.69) is 10.3 Å². The van der Waals surface area contributed by atoms with Crippen LogP contribution in [0, 0.1) is 11.8 Å². The van der Waals surface area contributed by atoms with E-state index in [1.54, 1.807) is 0 Å². The molecule has 1 N–H and O–H groups in total. The van der Waals surface area contributed by atoms with Gasteiger partial charge in [-0.05, 0) is 50.8 Å². The first-order valence-electron chi connectivity index (χ1n) is 9.27. The Morgan fingerprint density at radius 2 is 2.00 bits per heavy atom. The molecule has 0 spiro atoms. The van der Waals surface area contributed by atoms with Crippen molar-refractivity contribution in [2.45, 2.75) is 32.6 Å². The summed E-state index contributed by atoms with van der Waals surface area (Å²) >= 11 is 1.46. The van der Waals surface area contributed by atoms with Gasteiger partial charge in [-0.2, -0.15) is 0 Å². The molecule has 1 aromatic carbocycles. The van der Waals surface area contributed by atoms with Gasteiger partial charge in [0, 0.05) is 24.9 Å². The van der Waals surface area contributed by atoms with Gasteiger partial charge in [0.1, 0.15) is 5.75 Å². The molecule has 1 aliphatic carbocycles. The highest BCUT2D eigenvalue weighted by atomic mass is 32.1. The predicted octanol–water partition coefficient (Wildman–Crippen LogP) is 3.28. The van der Waals surface area contributed by atoms with Gasteiger partial charge in [-0.1, -0.05) is 11.3 Å². The van der Waals surface area contributed by atoms with Crippen molar-refractivity contribution in [3.8, 4) is 5.75 Å². The molecule has 138 valence electrons. The Morgan fingerprint density at radius 3 is 2.69 bits per heavy atom. The number of anilines is 1. The topological polar surface area (TPSA) is 71.5 Å². The minimum atomic E-state index is -0.0516. The number of rotatable bonds is 5. The number of piperidine rings is 1. The molecule has 0 atom stereocenters. The number of nitrogens with one attached hydrogen (secondary N) is 1. The number of ether oxygens (including phenoxy) is 1. The summed E-state index contributed by atoms with van der Waals surface area (Å²) in [7, 11) is 0. The van der Waals surface area contributed by atoms with Crippen LogP contribution in [0.4, 0.5) is 5.13 Å². The van der Waals surface area contributed by atoms with Gasteiger partial charge in [0.05, 0.1) is 16.8 Å². The lowest BCUT2D eigenvalue weighted by atomic mass is 9.95. The van der Waals surface area contributed by atoms with Crippen LogP contribution >= 0.6 is 11.3 Å². The Labute approximate surface area is 156 Å². The van der Waals surface area contributed by atoms with Crippen LogP contribution < -0.4 is 10.1 Å². The summed E-state index contributed by atoms with van der Waals surface area (Å²) in [6.07, 6.45) is 3.51. The molecule has 0 bridgehead atoms. The fraction of sp³-hybridized carbons (Fsp3) is 0.526. The number of nitrogens with zero attached hydrogens (tertiary/aromatic N) is 2. The van der Waals surface area contributed by atoms with E-state index >= 15 is 0 Å². The van der Waals surface area contributed by atoms with Gasteiger partial charge in [-0.15, -0.1) is 0 Å². The fourth-order valence-corrected chi connectivity index (χ4v) is 4.27. The van der Waals surface area contributed by atoms with Gasteiger partial charge < -0.3 is 15.0 Å². The lowest BCUT2D eigenvalue weighted by Crippen LogP contribution is -2.42. The maximum absolute atomic E-state index is 12.6. The quantitative estimate of drug-likeness (QED) is 0.873. The number of fused-ring (bicyclic) bond motifs is 1. The summed E-state index contributed by atoms with van der Waals surface area (Å²) in [5.74, 6) is 1.30. The van der Waals surface area contributed by atoms with E-state index in [-0.39, 0.29) is 23.7 Å². The van der Waals surface area contributed by atoms with Crippen LogP contribution in [0.1, 0.15) is 32.6 Å². The minimum absolute atomic E-state index is 0.00705. The van der Waals surface area contributed by atoms with Crippen LogP contribution in [0.3, 0.4) is 0 Å². The summed E-state index contributed by atoms with van der Waals surface area (Å²) in [4.78, 5) is 31.1. The largest absolute Gasteiger partial charge is 0.494 e. The number of hydrogen-bond acceptors (Lipinski definition) is 5. The predicted molar refractivity (Wildman–Crippen MR) is 101 cm³/mol. The van der Waals surface area contributed by atoms with Crippen LogP contribution in [0.5, 0.6) is 5.75 Å². The minimum Gasteiger partial charge on any atom is -0.494 e. The number of carbonyl (C=O) groups excluding carboxylic acids is 2. The maximum Gasteiger partial charge on any atom is 0.229 e. The molecular formula is C19H23N3O3S. The number of hydrogen-bond donors (Lipinski definition) is 1. The first kappa shape index (κ1) is 17.3. The van der Waals surface area contributed by atoms with E-state index in [4.69, 9.17) is 4.74 Å². The molecule has 2 aromatic rings. The highest BCUT2D eigenvalue weighted by molar-refractivity contribution is 7.22. The molecule has 2 fully saturated rings. The van der Waals surface area contributed by atoms with Gasteiger partial charge >= 0.3 is 0 Å². The van der Waals surface area contributed by atoms with Crippen molar-refractivity contribution in [2.24, 2.45) is 11.8 Å². The van der Waals surface area contributed by atoms with Crippen LogP contribution in [0.25, 0.3) is 10.2 Å². The Kier molecular flexibility index (Phi) is 4.80. The van der Waals surface area contributed by atoms with Crippen molar-refractivity contribution >= 4 is 38.5 Å². The Bertz CT molecular complexity index is 823. The SMILES string of the molecule is CCOc1ccc2nc(NC(=O)C3CCN(C(=O)C4CC4)CC3)sc2c1. The fourth-order valence-electron chi connectivity index (χ4n) is 3.37. The third-order valence-corrected chi connectivity index (χ3v) is 5.94. The molecule has 26 heavy (non-hydrogen) atoms. The standard InChI is InChI=1S/C19H23N3O3S/c1-2-25-14-5-6-15-16(11-14)26-19(20-15)21-17(23)12-7-9-22(10-8-12)18(24)13-3-4-13/h5-6,11-13H,2-4,7-10H2,1H3,(H,20,21,23). The monoisotopic (exact) mass is 373 g/mol. The number of thiazole rings is 1. The highest BCUT2D eigenvalue weighted by Crippen LogP contribution is 2.33. The average molecular weight is 373 g/mol. The summed E-state index contributed by atoms with van der Waals surface area (Å²) in [6, 6.07) is 5.76. The first-order chi connectivity index (χ1) is 12.6. The normalized spacial score (nSPS) is 18.1. The third-order valence-electron chi connectivity index (χ3n) is 5.01. The molecule has 1 aromatic heterocycles. The number of amides is 2. The summed E-state index contributed by atoms with van der Waals surface area (Å²) < 4.78 is 6.51. The summed E-state index contributed by atoms with van der Waals surface area (Å²) in [5, 5.41) is 3.58. The van der Waals surface area contributed by atoms with Gasteiger partial charge in [0.25, 0.3) is 0 Å². The smallest absolute Gasteiger partial charge is 0.229 e. The van der Waals surface area contributed by atoms with Crippen molar-refractivity contribution in [3.63, 3.8) is 0 Å². The summed E-state index contributed by atoms with van der Waals surface area (Å²) in [6.45, 7) is 3.94. The Balaban J connectivity index is 1.35. The molecule has 2 heterocycles. The maximum atomic E-state index is 12.6. The summed E-state index contributed by atoms with van der Waals surface area (Å²) in [5.41, 5.74) is 0.860.